The first kappa shape index (κ1) is 14.4. The first-order chi connectivity index (χ1) is 6.50. The second-order valence-corrected chi connectivity index (χ2v) is 3.85. The van der Waals surface area contributed by atoms with Crippen LogP contribution in [0.1, 0.15) is 24.9 Å². The minimum Gasteiger partial charge on any atom is -0.324 e. The summed E-state index contributed by atoms with van der Waals surface area (Å²) in [7, 11) is 0. The third-order valence-electron chi connectivity index (χ3n) is 1.94. The predicted molar refractivity (Wildman–Crippen MR) is 65.0 cm³/mol. The van der Waals surface area contributed by atoms with Gasteiger partial charge in [0.15, 0.2) is 0 Å². The van der Waals surface area contributed by atoms with E-state index in [1.165, 1.54) is 6.07 Å². The zero-order valence-corrected chi connectivity index (χ0v) is 10.0. The molecular formula is C11H14Cl2FN. The van der Waals surface area contributed by atoms with Gasteiger partial charge in [0.25, 0.3) is 0 Å². The summed E-state index contributed by atoms with van der Waals surface area (Å²) < 4.78 is 12.8. The molecule has 0 spiro atoms. The smallest absolute Gasteiger partial charge is 0.141 e. The van der Waals surface area contributed by atoms with Crippen LogP contribution in [0.4, 0.5) is 4.39 Å². The molecule has 1 nitrogen and oxygen atoms in total. The fourth-order valence-electron chi connectivity index (χ4n) is 1.24. The van der Waals surface area contributed by atoms with Crippen molar-refractivity contribution in [1.82, 2.24) is 0 Å². The number of hydrogen-bond acceptors (Lipinski definition) is 1. The van der Waals surface area contributed by atoms with Crippen molar-refractivity contribution in [2.75, 3.05) is 0 Å². The first-order valence-corrected chi connectivity index (χ1v) is 4.73. The maximum Gasteiger partial charge on any atom is 0.141 e. The zero-order chi connectivity index (χ0) is 10.7. The average Bonchev–Trinajstić information content (AvgIpc) is 2.08. The van der Waals surface area contributed by atoms with Crippen molar-refractivity contribution < 1.29 is 4.39 Å². The first-order valence-electron chi connectivity index (χ1n) is 4.35. The van der Waals surface area contributed by atoms with Crippen molar-refractivity contribution in [3.8, 4) is 0 Å². The minimum absolute atomic E-state index is 0. The Kier molecular flexibility index (Phi) is 5.88. The molecule has 4 heteroatoms. The van der Waals surface area contributed by atoms with Crippen LogP contribution >= 0.6 is 24.0 Å². The monoisotopic (exact) mass is 249 g/mol. The molecule has 0 aliphatic carbocycles. The summed E-state index contributed by atoms with van der Waals surface area (Å²) in [6.07, 6.45) is 0.683. The standard InChI is InChI=1S/C11H13ClFN.ClH/c1-7(2)5-11(14)8-3-4-10(13)9(12)6-8;/h3-4,6,11H,1,5,14H2,2H3;1H/t11-;/m0./s1. The van der Waals surface area contributed by atoms with Crippen LogP contribution < -0.4 is 5.73 Å². The Balaban J connectivity index is 0.00000196. The summed E-state index contributed by atoms with van der Waals surface area (Å²) in [5.74, 6) is -0.419. The van der Waals surface area contributed by atoms with Gasteiger partial charge in [-0.15, -0.1) is 19.0 Å². The van der Waals surface area contributed by atoms with E-state index in [0.717, 1.165) is 11.1 Å². The van der Waals surface area contributed by atoms with Crippen molar-refractivity contribution in [3.63, 3.8) is 0 Å². The Morgan fingerprint density at radius 2 is 2.20 bits per heavy atom. The summed E-state index contributed by atoms with van der Waals surface area (Å²) in [6.45, 7) is 5.68. The van der Waals surface area contributed by atoms with Gasteiger partial charge in [0, 0.05) is 6.04 Å². The van der Waals surface area contributed by atoms with Crippen LogP contribution in [0.3, 0.4) is 0 Å². The molecule has 0 amide bonds. The molecule has 0 fully saturated rings. The van der Waals surface area contributed by atoms with Crippen LogP contribution in [-0.2, 0) is 0 Å². The van der Waals surface area contributed by atoms with Gasteiger partial charge in [-0.2, -0.15) is 0 Å². The van der Waals surface area contributed by atoms with Gasteiger partial charge in [-0.3, -0.25) is 0 Å². The van der Waals surface area contributed by atoms with Crippen molar-refractivity contribution in [2.24, 2.45) is 5.73 Å². The summed E-state index contributed by atoms with van der Waals surface area (Å²) in [4.78, 5) is 0. The molecule has 0 saturated carbocycles. The number of halogens is 3. The second-order valence-electron chi connectivity index (χ2n) is 3.44. The highest BCUT2D eigenvalue weighted by molar-refractivity contribution is 6.30. The normalized spacial score (nSPS) is 11.7. The third-order valence-corrected chi connectivity index (χ3v) is 2.23. The average molecular weight is 250 g/mol. The molecule has 2 N–H and O–H groups in total. The summed E-state index contributed by atoms with van der Waals surface area (Å²) >= 11 is 5.64. The Morgan fingerprint density at radius 3 is 2.67 bits per heavy atom. The molecule has 0 saturated heterocycles. The summed E-state index contributed by atoms with van der Waals surface area (Å²) in [5, 5.41) is 0.111. The van der Waals surface area contributed by atoms with Gasteiger partial charge in [0.05, 0.1) is 5.02 Å². The van der Waals surface area contributed by atoms with Crippen LogP contribution in [0.15, 0.2) is 30.4 Å². The lowest BCUT2D eigenvalue weighted by Gasteiger charge is -2.12. The number of benzene rings is 1. The van der Waals surface area contributed by atoms with Gasteiger partial charge in [0.1, 0.15) is 5.82 Å². The van der Waals surface area contributed by atoms with Crippen LogP contribution in [0.5, 0.6) is 0 Å². The van der Waals surface area contributed by atoms with E-state index >= 15 is 0 Å². The number of hydrogen-bond donors (Lipinski definition) is 1. The Hall–Kier alpha value is -0.570. The largest absolute Gasteiger partial charge is 0.324 e. The molecule has 0 aliphatic rings. The zero-order valence-electron chi connectivity index (χ0n) is 8.47. The quantitative estimate of drug-likeness (QED) is 0.809. The maximum absolute atomic E-state index is 12.8. The maximum atomic E-state index is 12.8. The lowest BCUT2D eigenvalue weighted by molar-refractivity contribution is 0.625. The van der Waals surface area contributed by atoms with Crippen molar-refractivity contribution >= 4 is 24.0 Å². The summed E-state index contributed by atoms with van der Waals surface area (Å²) in [6, 6.07) is 4.38. The third kappa shape index (κ3) is 4.20. The van der Waals surface area contributed by atoms with Gasteiger partial charge in [0.2, 0.25) is 0 Å². The molecule has 0 bridgehead atoms. The Bertz CT molecular complexity index is 352. The summed E-state index contributed by atoms with van der Waals surface area (Å²) in [5.41, 5.74) is 7.70. The van der Waals surface area contributed by atoms with E-state index in [9.17, 15) is 4.39 Å². The lowest BCUT2D eigenvalue weighted by Crippen LogP contribution is -2.10. The SMILES string of the molecule is C=C(C)C[C@H](N)c1ccc(F)c(Cl)c1.Cl. The highest BCUT2D eigenvalue weighted by atomic mass is 35.5. The van der Waals surface area contributed by atoms with E-state index < -0.39 is 5.82 Å². The van der Waals surface area contributed by atoms with Gasteiger partial charge < -0.3 is 5.73 Å². The van der Waals surface area contributed by atoms with Gasteiger partial charge in [-0.1, -0.05) is 23.2 Å². The van der Waals surface area contributed by atoms with Crippen molar-refractivity contribution in [2.45, 2.75) is 19.4 Å². The van der Waals surface area contributed by atoms with E-state index in [1.54, 1.807) is 12.1 Å². The molecule has 1 aromatic rings. The van der Waals surface area contributed by atoms with E-state index in [2.05, 4.69) is 6.58 Å². The van der Waals surface area contributed by atoms with Crippen molar-refractivity contribution in [3.05, 3.63) is 46.8 Å². The van der Waals surface area contributed by atoms with E-state index in [1.807, 2.05) is 6.92 Å². The van der Waals surface area contributed by atoms with Crippen LogP contribution in [0, 0.1) is 5.82 Å². The number of nitrogens with two attached hydrogens (primary N) is 1. The molecule has 1 aromatic carbocycles. The molecule has 1 atom stereocenters. The fraction of sp³-hybridized carbons (Fsp3) is 0.273. The molecule has 0 heterocycles. The molecule has 0 unspecified atom stereocenters. The van der Waals surface area contributed by atoms with Crippen LogP contribution in [0.2, 0.25) is 5.02 Å². The molecule has 84 valence electrons. The van der Waals surface area contributed by atoms with Crippen LogP contribution in [0.25, 0.3) is 0 Å². The van der Waals surface area contributed by atoms with E-state index in [-0.39, 0.29) is 23.5 Å². The Morgan fingerprint density at radius 1 is 1.60 bits per heavy atom. The highest BCUT2D eigenvalue weighted by Gasteiger charge is 2.08. The van der Waals surface area contributed by atoms with Crippen LogP contribution in [-0.4, -0.2) is 0 Å². The second kappa shape index (κ2) is 6.11. The molecule has 0 aromatic heterocycles. The fourth-order valence-corrected chi connectivity index (χ4v) is 1.43. The molecule has 0 aliphatic heterocycles. The van der Waals surface area contributed by atoms with Gasteiger partial charge in [-0.25, -0.2) is 4.39 Å². The molecule has 15 heavy (non-hydrogen) atoms. The highest BCUT2D eigenvalue weighted by Crippen LogP contribution is 2.22. The topological polar surface area (TPSA) is 26.0 Å². The lowest BCUT2D eigenvalue weighted by atomic mass is 10.0. The predicted octanol–water partition coefficient (Wildman–Crippen LogP) is 3.87. The number of rotatable bonds is 3. The van der Waals surface area contributed by atoms with Crippen molar-refractivity contribution in [1.29, 1.82) is 0 Å². The van der Waals surface area contributed by atoms with Gasteiger partial charge in [-0.05, 0) is 31.0 Å². The molecule has 1 rings (SSSR count). The minimum atomic E-state index is -0.419. The Labute approximate surface area is 101 Å². The van der Waals surface area contributed by atoms with E-state index in [4.69, 9.17) is 17.3 Å². The van der Waals surface area contributed by atoms with E-state index in [0.29, 0.717) is 6.42 Å². The van der Waals surface area contributed by atoms with Gasteiger partial charge >= 0.3 is 0 Å². The molecular weight excluding hydrogens is 236 g/mol. The molecule has 0 radical (unpaired) electrons.